The van der Waals surface area contributed by atoms with Crippen LogP contribution in [0.1, 0.15) is 61.1 Å². The first-order valence-electron chi connectivity index (χ1n) is 11.9. The average molecular weight is 457 g/mol. The standard InChI is InChI=1S/C23H32N6O4/c1-16-14-26-18(15-25-16)22(32)27-11-6-17(7-12-27)19-4-2-3-10-28(19)21(31)8-13-29-20(30)5-9-24-23(29)33/h14-15,17,19H,2-13H2,1H3,(H,24,33)/t19-/m1/s1. The van der Waals surface area contributed by atoms with Gasteiger partial charge in [-0.2, -0.15) is 0 Å². The van der Waals surface area contributed by atoms with Crippen molar-refractivity contribution in [2.45, 2.75) is 57.9 Å². The number of hydrogen-bond acceptors (Lipinski definition) is 6. The van der Waals surface area contributed by atoms with Crippen molar-refractivity contribution in [3.05, 3.63) is 23.8 Å². The largest absolute Gasteiger partial charge is 0.339 e. The average Bonchev–Trinajstić information content (AvgIpc) is 2.84. The van der Waals surface area contributed by atoms with Crippen LogP contribution in [0.4, 0.5) is 4.79 Å². The Balaban J connectivity index is 1.32. The first kappa shape index (κ1) is 23.1. The lowest BCUT2D eigenvalue weighted by Crippen LogP contribution is -2.53. The maximum absolute atomic E-state index is 13.1. The zero-order chi connectivity index (χ0) is 23.4. The van der Waals surface area contributed by atoms with Crippen LogP contribution < -0.4 is 5.32 Å². The molecular formula is C23H32N6O4. The van der Waals surface area contributed by atoms with Crippen molar-refractivity contribution < 1.29 is 19.2 Å². The summed E-state index contributed by atoms with van der Waals surface area (Å²) in [6, 6.07) is -0.266. The van der Waals surface area contributed by atoms with Crippen molar-refractivity contribution in [3.63, 3.8) is 0 Å². The SMILES string of the molecule is Cc1cnc(C(=O)N2CCC([C@H]3CCCCN3C(=O)CCN3C(=O)CCNC3=O)CC2)cn1. The van der Waals surface area contributed by atoms with Crippen LogP contribution in [0.5, 0.6) is 0 Å². The minimum absolute atomic E-state index is 0.000640. The van der Waals surface area contributed by atoms with Crippen molar-refractivity contribution in [1.82, 2.24) is 30.0 Å². The Hall–Kier alpha value is -3.04. The van der Waals surface area contributed by atoms with E-state index < -0.39 is 6.03 Å². The van der Waals surface area contributed by atoms with E-state index in [-0.39, 0.29) is 43.1 Å². The van der Waals surface area contributed by atoms with E-state index in [1.54, 1.807) is 6.20 Å². The van der Waals surface area contributed by atoms with Gasteiger partial charge < -0.3 is 15.1 Å². The molecule has 1 N–H and O–H groups in total. The van der Waals surface area contributed by atoms with Gasteiger partial charge in [0.05, 0.1) is 11.9 Å². The molecule has 1 aromatic heterocycles. The first-order valence-corrected chi connectivity index (χ1v) is 11.9. The molecule has 1 atom stereocenters. The second-order valence-corrected chi connectivity index (χ2v) is 9.10. The summed E-state index contributed by atoms with van der Waals surface area (Å²) in [7, 11) is 0. The van der Waals surface area contributed by atoms with Crippen LogP contribution in [0.15, 0.2) is 12.4 Å². The van der Waals surface area contributed by atoms with E-state index in [1.165, 1.54) is 6.20 Å². The normalized spacial score (nSPS) is 22.3. The van der Waals surface area contributed by atoms with Gasteiger partial charge in [-0.3, -0.25) is 24.3 Å². The number of carbonyl (C=O) groups is 4. The molecule has 4 heterocycles. The number of aryl methyl sites for hydroxylation is 1. The van der Waals surface area contributed by atoms with E-state index in [0.29, 0.717) is 37.8 Å². The number of piperidine rings is 2. The number of amides is 5. The Morgan fingerprint density at radius 2 is 1.85 bits per heavy atom. The maximum atomic E-state index is 13.1. The van der Waals surface area contributed by atoms with Crippen LogP contribution >= 0.6 is 0 Å². The molecule has 0 aliphatic carbocycles. The lowest BCUT2D eigenvalue weighted by atomic mass is 9.83. The monoisotopic (exact) mass is 456 g/mol. The van der Waals surface area contributed by atoms with E-state index in [1.807, 2.05) is 16.7 Å². The van der Waals surface area contributed by atoms with Gasteiger partial charge in [0.25, 0.3) is 5.91 Å². The summed E-state index contributed by atoms with van der Waals surface area (Å²) in [5.41, 5.74) is 1.14. The minimum Gasteiger partial charge on any atom is -0.339 e. The third kappa shape index (κ3) is 5.31. The van der Waals surface area contributed by atoms with Crippen LogP contribution in [0, 0.1) is 12.8 Å². The van der Waals surface area contributed by atoms with Gasteiger partial charge in [0.1, 0.15) is 5.69 Å². The van der Waals surface area contributed by atoms with E-state index >= 15 is 0 Å². The predicted molar refractivity (Wildman–Crippen MR) is 119 cm³/mol. The Bertz CT molecular complexity index is 881. The van der Waals surface area contributed by atoms with Gasteiger partial charge in [0.15, 0.2) is 0 Å². The number of likely N-dealkylation sites (tertiary alicyclic amines) is 2. The number of nitrogens with zero attached hydrogens (tertiary/aromatic N) is 5. The summed E-state index contributed by atoms with van der Waals surface area (Å²) in [5, 5.41) is 2.65. The number of aromatic nitrogens is 2. The molecule has 1 aromatic rings. The van der Waals surface area contributed by atoms with Crippen molar-refractivity contribution in [3.8, 4) is 0 Å². The van der Waals surface area contributed by atoms with Gasteiger partial charge in [0, 0.05) is 57.8 Å². The molecule has 3 saturated heterocycles. The first-order chi connectivity index (χ1) is 15.9. The molecule has 178 valence electrons. The summed E-state index contributed by atoms with van der Waals surface area (Å²) in [5.74, 6) is 0.0145. The van der Waals surface area contributed by atoms with Crippen molar-refractivity contribution in [2.24, 2.45) is 5.92 Å². The Morgan fingerprint density at radius 1 is 1.06 bits per heavy atom. The number of nitrogens with one attached hydrogen (secondary N) is 1. The molecule has 3 aliphatic rings. The molecular weight excluding hydrogens is 424 g/mol. The molecule has 10 nitrogen and oxygen atoms in total. The van der Waals surface area contributed by atoms with Gasteiger partial charge in [0.2, 0.25) is 11.8 Å². The van der Waals surface area contributed by atoms with Crippen LogP contribution in [-0.2, 0) is 9.59 Å². The molecule has 3 fully saturated rings. The Morgan fingerprint density at radius 3 is 2.55 bits per heavy atom. The van der Waals surface area contributed by atoms with Crippen LogP contribution in [0.2, 0.25) is 0 Å². The molecule has 0 saturated carbocycles. The summed E-state index contributed by atoms with van der Waals surface area (Å²) in [4.78, 5) is 63.1. The van der Waals surface area contributed by atoms with Gasteiger partial charge in [-0.25, -0.2) is 9.78 Å². The molecule has 0 spiro atoms. The Labute approximate surface area is 193 Å². The summed E-state index contributed by atoms with van der Waals surface area (Å²) < 4.78 is 0. The molecule has 0 aromatic carbocycles. The number of hydrogen-bond donors (Lipinski definition) is 1. The smallest absolute Gasteiger partial charge is 0.324 e. The number of urea groups is 1. The van der Waals surface area contributed by atoms with Crippen molar-refractivity contribution in [1.29, 1.82) is 0 Å². The van der Waals surface area contributed by atoms with Gasteiger partial charge in [-0.1, -0.05) is 0 Å². The maximum Gasteiger partial charge on any atom is 0.324 e. The van der Waals surface area contributed by atoms with Crippen molar-refractivity contribution in [2.75, 3.05) is 32.7 Å². The van der Waals surface area contributed by atoms with E-state index in [9.17, 15) is 19.2 Å². The molecule has 0 radical (unpaired) electrons. The fourth-order valence-electron chi connectivity index (χ4n) is 5.11. The molecule has 5 amide bonds. The highest BCUT2D eigenvalue weighted by molar-refractivity contribution is 5.97. The molecule has 10 heteroatoms. The fourth-order valence-corrected chi connectivity index (χ4v) is 5.11. The predicted octanol–water partition coefficient (Wildman–Crippen LogP) is 1.35. The molecule has 4 rings (SSSR count). The lowest BCUT2D eigenvalue weighted by molar-refractivity contribution is -0.137. The van der Waals surface area contributed by atoms with Crippen molar-refractivity contribution >= 4 is 23.8 Å². The summed E-state index contributed by atoms with van der Waals surface area (Å²) >= 11 is 0. The van der Waals surface area contributed by atoms with Gasteiger partial charge >= 0.3 is 6.03 Å². The highest BCUT2D eigenvalue weighted by Gasteiger charge is 2.36. The second kappa shape index (κ2) is 10.3. The third-order valence-electron chi connectivity index (χ3n) is 6.95. The zero-order valence-corrected chi connectivity index (χ0v) is 19.2. The lowest BCUT2D eigenvalue weighted by Gasteiger charge is -2.44. The Kier molecular flexibility index (Phi) is 7.20. The third-order valence-corrected chi connectivity index (χ3v) is 6.95. The quantitative estimate of drug-likeness (QED) is 0.715. The molecule has 0 unspecified atom stereocenters. The molecule has 3 aliphatic heterocycles. The van der Waals surface area contributed by atoms with Crippen LogP contribution in [-0.4, -0.2) is 87.2 Å². The minimum atomic E-state index is -0.412. The fraction of sp³-hybridized carbons (Fsp3) is 0.652. The van der Waals surface area contributed by atoms with E-state index in [0.717, 1.165) is 42.7 Å². The molecule has 0 bridgehead atoms. The van der Waals surface area contributed by atoms with E-state index in [2.05, 4.69) is 15.3 Å². The topological polar surface area (TPSA) is 116 Å². The summed E-state index contributed by atoms with van der Waals surface area (Å²) in [6.45, 7) is 4.30. The van der Waals surface area contributed by atoms with Gasteiger partial charge in [-0.15, -0.1) is 0 Å². The summed E-state index contributed by atoms with van der Waals surface area (Å²) in [6.07, 6.45) is 8.24. The second-order valence-electron chi connectivity index (χ2n) is 9.10. The van der Waals surface area contributed by atoms with Crippen LogP contribution in [0.25, 0.3) is 0 Å². The number of imide groups is 1. The number of rotatable bonds is 5. The highest BCUT2D eigenvalue weighted by Crippen LogP contribution is 2.31. The highest BCUT2D eigenvalue weighted by atomic mass is 16.2. The van der Waals surface area contributed by atoms with E-state index in [4.69, 9.17) is 0 Å². The van der Waals surface area contributed by atoms with Gasteiger partial charge in [-0.05, 0) is 44.9 Å². The number of carbonyl (C=O) groups excluding carboxylic acids is 4. The molecule has 33 heavy (non-hydrogen) atoms. The van der Waals surface area contributed by atoms with Crippen LogP contribution in [0.3, 0.4) is 0 Å². The zero-order valence-electron chi connectivity index (χ0n) is 19.2.